The second-order valence-electron chi connectivity index (χ2n) is 6.99. The number of nitrogens with zero attached hydrogens (tertiary/aromatic N) is 1. The Kier molecular flexibility index (Phi) is 5.25. The third-order valence-electron chi connectivity index (χ3n) is 5.12. The predicted molar refractivity (Wildman–Crippen MR) is 100 cm³/mol. The molecule has 0 spiro atoms. The number of likely N-dealkylation sites (tertiary alicyclic amines) is 1. The number of carbonyl (C=O) groups is 1. The minimum Gasteiger partial charge on any atom is -0.486 e. The highest BCUT2D eigenvalue weighted by Crippen LogP contribution is 2.33. The number of amides is 1. The maximum Gasteiger partial charge on any atom is 0.227 e. The Labute approximate surface area is 158 Å². The molecule has 142 valence electrons. The number of benzene rings is 2. The molecule has 0 aliphatic carbocycles. The summed E-state index contributed by atoms with van der Waals surface area (Å²) in [5.74, 6) is 1.20. The molecule has 2 aromatic carbocycles. The molecule has 2 aliphatic rings. The van der Waals surface area contributed by atoms with Crippen LogP contribution in [0.3, 0.4) is 0 Å². The molecule has 0 radical (unpaired) electrons. The number of anilines is 1. The number of ether oxygens (including phenoxy) is 2. The van der Waals surface area contributed by atoms with Crippen molar-refractivity contribution in [3.63, 3.8) is 0 Å². The van der Waals surface area contributed by atoms with Crippen molar-refractivity contribution in [2.75, 3.05) is 31.6 Å². The monoisotopic (exact) mass is 370 g/mol. The van der Waals surface area contributed by atoms with E-state index in [9.17, 15) is 9.18 Å². The van der Waals surface area contributed by atoms with Crippen molar-refractivity contribution in [1.29, 1.82) is 0 Å². The van der Waals surface area contributed by atoms with Gasteiger partial charge in [-0.15, -0.1) is 0 Å². The lowest BCUT2D eigenvalue weighted by atomic mass is 9.95. The number of halogens is 1. The Morgan fingerprint density at radius 1 is 1.07 bits per heavy atom. The SMILES string of the molecule is O=C(Nc1ccc2c(c1)OCCO2)C1CCN(Cc2ccccc2F)CC1. The van der Waals surface area contributed by atoms with Crippen molar-refractivity contribution in [1.82, 2.24) is 4.90 Å². The number of fused-ring (bicyclic) bond motifs is 1. The van der Waals surface area contributed by atoms with Crippen molar-refractivity contribution in [3.8, 4) is 11.5 Å². The average Bonchev–Trinajstić information content (AvgIpc) is 2.70. The standard InChI is InChI=1S/C21H23FN2O3/c22-18-4-2-1-3-16(18)14-24-9-7-15(8-10-24)21(25)23-17-5-6-19-20(13-17)27-12-11-26-19/h1-6,13,15H,7-12,14H2,(H,23,25). The summed E-state index contributed by atoms with van der Waals surface area (Å²) in [6.07, 6.45) is 1.54. The maximum atomic E-state index is 13.8. The molecule has 0 saturated carbocycles. The molecule has 27 heavy (non-hydrogen) atoms. The van der Waals surface area contributed by atoms with Crippen molar-refractivity contribution in [2.45, 2.75) is 19.4 Å². The smallest absolute Gasteiger partial charge is 0.227 e. The molecular formula is C21H23FN2O3. The van der Waals surface area contributed by atoms with Crippen LogP contribution >= 0.6 is 0 Å². The van der Waals surface area contributed by atoms with Crippen LogP contribution < -0.4 is 14.8 Å². The first-order valence-corrected chi connectivity index (χ1v) is 9.35. The van der Waals surface area contributed by atoms with Gasteiger partial charge in [-0.25, -0.2) is 4.39 Å². The Morgan fingerprint density at radius 2 is 1.81 bits per heavy atom. The van der Waals surface area contributed by atoms with E-state index in [0.717, 1.165) is 31.6 Å². The largest absolute Gasteiger partial charge is 0.486 e. The van der Waals surface area contributed by atoms with E-state index in [1.54, 1.807) is 12.1 Å². The third-order valence-corrected chi connectivity index (χ3v) is 5.12. The van der Waals surface area contributed by atoms with Gasteiger partial charge in [0.2, 0.25) is 5.91 Å². The van der Waals surface area contributed by atoms with Gasteiger partial charge in [0.15, 0.2) is 11.5 Å². The fourth-order valence-corrected chi connectivity index (χ4v) is 3.59. The minimum absolute atomic E-state index is 0.0252. The second kappa shape index (κ2) is 7.96. The third kappa shape index (κ3) is 4.22. The Morgan fingerprint density at radius 3 is 2.59 bits per heavy atom. The lowest BCUT2D eigenvalue weighted by molar-refractivity contribution is -0.121. The van der Waals surface area contributed by atoms with Crippen LogP contribution in [0.2, 0.25) is 0 Å². The summed E-state index contributed by atoms with van der Waals surface area (Å²) in [6, 6.07) is 12.3. The van der Waals surface area contributed by atoms with Gasteiger partial charge in [0.1, 0.15) is 19.0 Å². The zero-order valence-electron chi connectivity index (χ0n) is 15.1. The Balaban J connectivity index is 1.30. The van der Waals surface area contributed by atoms with Gasteiger partial charge in [0.05, 0.1) is 0 Å². The molecule has 0 bridgehead atoms. The molecule has 2 heterocycles. The van der Waals surface area contributed by atoms with Crippen LogP contribution in [0.4, 0.5) is 10.1 Å². The molecular weight excluding hydrogens is 347 g/mol. The van der Waals surface area contributed by atoms with Gasteiger partial charge in [-0.2, -0.15) is 0 Å². The topological polar surface area (TPSA) is 50.8 Å². The summed E-state index contributed by atoms with van der Waals surface area (Å²) in [6.45, 7) is 3.22. The lowest BCUT2D eigenvalue weighted by Crippen LogP contribution is -2.37. The molecule has 1 fully saturated rings. The van der Waals surface area contributed by atoms with Crippen LogP contribution in [0.5, 0.6) is 11.5 Å². The number of hydrogen-bond acceptors (Lipinski definition) is 4. The van der Waals surface area contributed by atoms with E-state index in [1.807, 2.05) is 24.3 Å². The Bertz CT molecular complexity index is 819. The van der Waals surface area contributed by atoms with Gasteiger partial charge in [-0.1, -0.05) is 18.2 Å². The van der Waals surface area contributed by atoms with E-state index in [4.69, 9.17) is 9.47 Å². The molecule has 2 aromatic rings. The molecule has 4 rings (SSSR count). The molecule has 6 heteroatoms. The van der Waals surface area contributed by atoms with Crippen LogP contribution in [-0.2, 0) is 11.3 Å². The molecule has 2 aliphatic heterocycles. The summed E-state index contributed by atoms with van der Waals surface area (Å²) in [4.78, 5) is 14.8. The van der Waals surface area contributed by atoms with Crippen LogP contribution in [-0.4, -0.2) is 37.1 Å². The van der Waals surface area contributed by atoms with E-state index >= 15 is 0 Å². The predicted octanol–water partition coefficient (Wildman–Crippen LogP) is 3.45. The summed E-state index contributed by atoms with van der Waals surface area (Å²) in [7, 11) is 0. The van der Waals surface area contributed by atoms with Gasteiger partial charge < -0.3 is 14.8 Å². The van der Waals surface area contributed by atoms with Gasteiger partial charge in [-0.05, 0) is 44.1 Å². The van der Waals surface area contributed by atoms with Crippen LogP contribution in [0.15, 0.2) is 42.5 Å². The normalized spacial score (nSPS) is 17.5. The fraction of sp³-hybridized carbons (Fsp3) is 0.381. The number of carbonyl (C=O) groups excluding carboxylic acids is 1. The molecule has 5 nitrogen and oxygen atoms in total. The van der Waals surface area contributed by atoms with Crippen molar-refractivity contribution < 1.29 is 18.7 Å². The van der Waals surface area contributed by atoms with E-state index in [1.165, 1.54) is 6.07 Å². The molecule has 1 N–H and O–H groups in total. The number of piperidine rings is 1. The zero-order chi connectivity index (χ0) is 18.6. The number of hydrogen-bond donors (Lipinski definition) is 1. The van der Waals surface area contributed by atoms with Crippen molar-refractivity contribution in [2.24, 2.45) is 5.92 Å². The lowest BCUT2D eigenvalue weighted by Gasteiger charge is -2.31. The van der Waals surface area contributed by atoms with E-state index in [0.29, 0.717) is 36.8 Å². The molecule has 1 amide bonds. The molecule has 0 unspecified atom stereocenters. The first-order valence-electron chi connectivity index (χ1n) is 9.35. The summed E-state index contributed by atoms with van der Waals surface area (Å²) in [5, 5.41) is 2.98. The van der Waals surface area contributed by atoms with Crippen molar-refractivity contribution >= 4 is 11.6 Å². The van der Waals surface area contributed by atoms with E-state index in [-0.39, 0.29) is 17.6 Å². The highest BCUT2D eigenvalue weighted by Gasteiger charge is 2.25. The van der Waals surface area contributed by atoms with E-state index in [2.05, 4.69) is 10.2 Å². The average molecular weight is 370 g/mol. The second-order valence-corrected chi connectivity index (χ2v) is 6.99. The number of nitrogens with one attached hydrogen (secondary N) is 1. The molecule has 0 aromatic heterocycles. The summed E-state index contributed by atoms with van der Waals surface area (Å²) in [5.41, 5.74) is 1.43. The minimum atomic E-state index is -0.170. The molecule has 1 saturated heterocycles. The van der Waals surface area contributed by atoms with Crippen LogP contribution in [0.25, 0.3) is 0 Å². The van der Waals surface area contributed by atoms with Crippen molar-refractivity contribution in [3.05, 3.63) is 53.8 Å². The zero-order valence-corrected chi connectivity index (χ0v) is 15.1. The first-order chi connectivity index (χ1) is 13.2. The summed E-state index contributed by atoms with van der Waals surface area (Å²) < 4.78 is 24.9. The first kappa shape index (κ1) is 17.8. The quantitative estimate of drug-likeness (QED) is 0.896. The van der Waals surface area contributed by atoms with Gasteiger partial charge in [0.25, 0.3) is 0 Å². The van der Waals surface area contributed by atoms with Gasteiger partial charge in [-0.3, -0.25) is 9.69 Å². The van der Waals surface area contributed by atoms with Gasteiger partial charge >= 0.3 is 0 Å². The van der Waals surface area contributed by atoms with Crippen LogP contribution in [0.1, 0.15) is 18.4 Å². The number of rotatable bonds is 4. The molecule has 0 atom stereocenters. The highest BCUT2D eigenvalue weighted by atomic mass is 19.1. The van der Waals surface area contributed by atoms with Crippen LogP contribution in [0, 0.1) is 11.7 Å². The summed E-state index contributed by atoms with van der Waals surface area (Å²) >= 11 is 0. The maximum absolute atomic E-state index is 13.8. The van der Waals surface area contributed by atoms with E-state index < -0.39 is 0 Å². The highest BCUT2D eigenvalue weighted by molar-refractivity contribution is 5.93. The Hall–Kier alpha value is -2.60. The van der Waals surface area contributed by atoms with Gasteiger partial charge in [0, 0.05) is 29.8 Å². The fourth-order valence-electron chi connectivity index (χ4n) is 3.59.